The van der Waals surface area contributed by atoms with E-state index >= 15 is 0 Å². The molecule has 2 rings (SSSR count). The van der Waals surface area contributed by atoms with Crippen molar-refractivity contribution in [2.24, 2.45) is 5.73 Å². The van der Waals surface area contributed by atoms with E-state index in [0.717, 1.165) is 16.5 Å². The number of carbonyl (C=O) groups excluding carboxylic acids is 1. The van der Waals surface area contributed by atoms with Gasteiger partial charge in [-0.15, -0.1) is 0 Å². The molecule has 3 N–H and O–H groups in total. The Morgan fingerprint density at radius 1 is 1.36 bits per heavy atom. The highest BCUT2D eigenvalue weighted by molar-refractivity contribution is 9.10. The number of carbonyl (C=O) groups is 1. The van der Waals surface area contributed by atoms with Crippen molar-refractivity contribution >= 4 is 21.8 Å². The average molecular weight is 373 g/mol. The maximum Gasteiger partial charge on any atom is 0.249 e. The predicted molar refractivity (Wildman–Crippen MR) is 86.0 cm³/mol. The number of hydrogen-bond donors (Lipinski definition) is 2. The minimum atomic E-state index is -0.410. The lowest BCUT2D eigenvalue weighted by molar-refractivity contribution is -0.132. The van der Waals surface area contributed by atoms with Crippen LogP contribution < -0.4 is 20.5 Å². The zero-order chi connectivity index (χ0) is 16.1. The van der Waals surface area contributed by atoms with Crippen LogP contribution >= 0.6 is 15.9 Å². The van der Waals surface area contributed by atoms with E-state index in [4.69, 9.17) is 19.9 Å². The maximum absolute atomic E-state index is 12.1. The van der Waals surface area contributed by atoms with Crippen LogP contribution in [0.25, 0.3) is 0 Å². The summed E-state index contributed by atoms with van der Waals surface area (Å²) in [6.07, 6.45) is 1.12. The lowest BCUT2D eigenvalue weighted by Gasteiger charge is -2.15. The van der Waals surface area contributed by atoms with Crippen molar-refractivity contribution in [1.82, 2.24) is 5.32 Å². The zero-order valence-electron chi connectivity index (χ0n) is 12.7. The minimum absolute atomic E-state index is 0.0106. The first-order valence-corrected chi connectivity index (χ1v) is 7.92. The van der Waals surface area contributed by atoms with Crippen LogP contribution in [0.1, 0.15) is 18.4 Å². The number of ether oxygens (including phenoxy) is 3. The van der Waals surface area contributed by atoms with E-state index < -0.39 is 6.10 Å². The molecular weight excluding hydrogens is 352 g/mol. The van der Waals surface area contributed by atoms with Gasteiger partial charge in [-0.25, -0.2) is 0 Å². The highest BCUT2D eigenvalue weighted by Crippen LogP contribution is 2.33. The molecule has 0 spiro atoms. The van der Waals surface area contributed by atoms with E-state index in [-0.39, 0.29) is 12.0 Å². The monoisotopic (exact) mass is 372 g/mol. The molecule has 0 saturated carbocycles. The summed E-state index contributed by atoms with van der Waals surface area (Å²) in [5.41, 5.74) is 6.45. The first-order chi connectivity index (χ1) is 10.6. The quantitative estimate of drug-likeness (QED) is 0.792. The molecule has 0 aliphatic carbocycles. The molecular formula is C15H21BrN2O4. The van der Waals surface area contributed by atoms with E-state index in [1.807, 2.05) is 12.1 Å². The largest absolute Gasteiger partial charge is 0.493 e. The minimum Gasteiger partial charge on any atom is -0.493 e. The number of halogens is 1. The maximum atomic E-state index is 12.1. The Bertz CT molecular complexity index is 539. The van der Waals surface area contributed by atoms with Gasteiger partial charge in [-0.2, -0.15) is 0 Å². The Kier molecular flexibility index (Phi) is 6.05. The van der Waals surface area contributed by atoms with E-state index in [9.17, 15) is 4.79 Å². The van der Waals surface area contributed by atoms with Gasteiger partial charge in [-0.1, -0.05) is 15.9 Å². The van der Waals surface area contributed by atoms with Crippen LogP contribution in [-0.2, 0) is 16.1 Å². The van der Waals surface area contributed by atoms with Gasteiger partial charge in [0.1, 0.15) is 6.10 Å². The number of hydrogen-bond acceptors (Lipinski definition) is 5. The average Bonchev–Trinajstić information content (AvgIpc) is 3.02. The summed E-state index contributed by atoms with van der Waals surface area (Å²) in [6, 6.07) is 3.65. The molecule has 0 aromatic heterocycles. The fraction of sp³-hybridized carbons (Fsp3) is 0.533. The summed E-state index contributed by atoms with van der Waals surface area (Å²) in [4.78, 5) is 12.1. The SMILES string of the molecule is COc1cc(Br)c(CNC(=O)[C@@H]2CC[C@H](CN)O2)cc1OC. The van der Waals surface area contributed by atoms with E-state index in [2.05, 4.69) is 21.2 Å². The highest BCUT2D eigenvalue weighted by atomic mass is 79.9. The third-order valence-corrected chi connectivity index (χ3v) is 4.41. The number of rotatable bonds is 6. The van der Waals surface area contributed by atoms with Crippen molar-refractivity contribution in [2.75, 3.05) is 20.8 Å². The topological polar surface area (TPSA) is 82.8 Å². The predicted octanol–water partition coefficient (Wildman–Crippen LogP) is 1.59. The lowest BCUT2D eigenvalue weighted by atomic mass is 10.1. The van der Waals surface area contributed by atoms with Gasteiger partial charge in [0, 0.05) is 17.6 Å². The van der Waals surface area contributed by atoms with Crippen LogP contribution in [0.5, 0.6) is 11.5 Å². The van der Waals surface area contributed by atoms with Crippen molar-refractivity contribution in [2.45, 2.75) is 31.6 Å². The summed E-state index contributed by atoms with van der Waals surface area (Å²) >= 11 is 3.47. The molecule has 122 valence electrons. The molecule has 1 amide bonds. The molecule has 22 heavy (non-hydrogen) atoms. The first kappa shape index (κ1) is 17.1. The fourth-order valence-electron chi connectivity index (χ4n) is 2.40. The van der Waals surface area contributed by atoms with Crippen LogP contribution in [0.3, 0.4) is 0 Å². The highest BCUT2D eigenvalue weighted by Gasteiger charge is 2.29. The van der Waals surface area contributed by atoms with Crippen LogP contribution in [0.2, 0.25) is 0 Å². The second kappa shape index (κ2) is 7.80. The van der Waals surface area contributed by atoms with Crippen molar-refractivity contribution in [3.8, 4) is 11.5 Å². The molecule has 1 aliphatic rings. The van der Waals surface area contributed by atoms with Gasteiger partial charge < -0.3 is 25.3 Å². The Balaban J connectivity index is 1.98. The third-order valence-electron chi connectivity index (χ3n) is 3.67. The van der Waals surface area contributed by atoms with E-state index in [1.165, 1.54) is 0 Å². The van der Waals surface area contributed by atoms with Gasteiger partial charge in [0.15, 0.2) is 11.5 Å². The summed E-state index contributed by atoms with van der Waals surface area (Å²) < 4.78 is 16.9. The van der Waals surface area contributed by atoms with Crippen molar-refractivity contribution in [3.63, 3.8) is 0 Å². The number of methoxy groups -OCH3 is 2. The van der Waals surface area contributed by atoms with Gasteiger partial charge >= 0.3 is 0 Å². The van der Waals surface area contributed by atoms with Crippen LogP contribution in [0, 0.1) is 0 Å². The Labute approximate surface area is 138 Å². The van der Waals surface area contributed by atoms with Gasteiger partial charge in [-0.3, -0.25) is 4.79 Å². The van der Waals surface area contributed by atoms with Gasteiger partial charge in [0.05, 0.1) is 20.3 Å². The molecule has 7 heteroatoms. The number of nitrogens with one attached hydrogen (secondary N) is 1. The van der Waals surface area contributed by atoms with Gasteiger partial charge in [-0.05, 0) is 30.5 Å². The second-order valence-electron chi connectivity index (χ2n) is 5.08. The molecule has 0 bridgehead atoms. The smallest absolute Gasteiger partial charge is 0.249 e. The Morgan fingerprint density at radius 3 is 2.64 bits per heavy atom. The Hall–Kier alpha value is -1.31. The van der Waals surface area contributed by atoms with Gasteiger partial charge in [0.2, 0.25) is 5.91 Å². The molecule has 1 aromatic rings. The Morgan fingerprint density at radius 2 is 2.05 bits per heavy atom. The summed E-state index contributed by atoms with van der Waals surface area (Å²) in [7, 11) is 3.16. The molecule has 1 aromatic carbocycles. The third kappa shape index (κ3) is 3.91. The molecule has 2 atom stereocenters. The van der Waals surface area contributed by atoms with Crippen molar-refractivity contribution in [1.29, 1.82) is 0 Å². The normalized spacial score (nSPS) is 20.7. The molecule has 1 saturated heterocycles. The summed E-state index contributed by atoms with van der Waals surface area (Å²) in [5.74, 6) is 1.14. The summed E-state index contributed by atoms with van der Waals surface area (Å²) in [6.45, 7) is 0.831. The number of amides is 1. The van der Waals surface area contributed by atoms with Crippen LogP contribution in [0.4, 0.5) is 0 Å². The molecule has 1 aliphatic heterocycles. The van der Waals surface area contributed by atoms with Crippen LogP contribution in [0.15, 0.2) is 16.6 Å². The molecule has 0 radical (unpaired) electrons. The standard InChI is InChI=1S/C15H21BrN2O4/c1-20-13-5-9(11(16)6-14(13)21-2)8-18-15(19)12-4-3-10(7-17)22-12/h5-6,10,12H,3-4,7-8,17H2,1-2H3,(H,18,19)/t10-,12+/m1/s1. The lowest BCUT2D eigenvalue weighted by Crippen LogP contribution is -2.35. The van der Waals surface area contributed by atoms with E-state index in [1.54, 1.807) is 14.2 Å². The first-order valence-electron chi connectivity index (χ1n) is 7.12. The molecule has 6 nitrogen and oxygen atoms in total. The van der Waals surface area contributed by atoms with Crippen molar-refractivity contribution < 1.29 is 19.0 Å². The second-order valence-corrected chi connectivity index (χ2v) is 5.93. The number of nitrogens with two attached hydrogens (primary N) is 1. The summed E-state index contributed by atoms with van der Waals surface area (Å²) in [5, 5.41) is 2.88. The van der Waals surface area contributed by atoms with Gasteiger partial charge in [0.25, 0.3) is 0 Å². The number of benzene rings is 1. The molecule has 1 heterocycles. The fourth-order valence-corrected chi connectivity index (χ4v) is 2.86. The zero-order valence-corrected chi connectivity index (χ0v) is 14.3. The van der Waals surface area contributed by atoms with E-state index in [0.29, 0.717) is 31.0 Å². The van der Waals surface area contributed by atoms with Crippen molar-refractivity contribution in [3.05, 3.63) is 22.2 Å². The molecule has 1 fully saturated rings. The van der Waals surface area contributed by atoms with Crippen LogP contribution in [-0.4, -0.2) is 38.9 Å². The molecule has 0 unspecified atom stereocenters.